The van der Waals surface area contributed by atoms with Gasteiger partial charge in [-0.2, -0.15) is 0 Å². The third-order valence-corrected chi connectivity index (χ3v) is 5.39. The molecule has 4 saturated carbocycles. The third kappa shape index (κ3) is 1.42. The summed E-state index contributed by atoms with van der Waals surface area (Å²) < 4.78 is 0. The third-order valence-electron chi connectivity index (χ3n) is 5.39. The number of hydrogen-bond acceptors (Lipinski definition) is 1. The SMILES string of the molecule is O=C(c1ccc[nH]1)C1C2CC3CC(C2)CC1C3. The highest BCUT2D eigenvalue weighted by Crippen LogP contribution is 2.57. The van der Waals surface area contributed by atoms with Gasteiger partial charge in [0.1, 0.15) is 0 Å². The maximum atomic E-state index is 12.6. The molecular weight excluding hydrogens is 210 g/mol. The highest BCUT2D eigenvalue weighted by molar-refractivity contribution is 5.96. The minimum atomic E-state index is 0.335. The molecule has 0 spiro atoms. The van der Waals surface area contributed by atoms with Gasteiger partial charge in [-0.1, -0.05) is 0 Å². The van der Waals surface area contributed by atoms with Crippen molar-refractivity contribution in [3.8, 4) is 0 Å². The van der Waals surface area contributed by atoms with Crippen LogP contribution in [0.15, 0.2) is 18.3 Å². The molecule has 4 aliphatic carbocycles. The fourth-order valence-electron chi connectivity index (χ4n) is 5.02. The molecule has 0 aromatic carbocycles. The summed E-state index contributed by atoms with van der Waals surface area (Å²) in [4.78, 5) is 15.7. The lowest BCUT2D eigenvalue weighted by Crippen LogP contribution is -2.48. The number of rotatable bonds is 2. The molecule has 4 bridgehead atoms. The summed E-state index contributed by atoms with van der Waals surface area (Å²) in [6, 6.07) is 3.87. The zero-order chi connectivity index (χ0) is 11.4. The molecule has 17 heavy (non-hydrogen) atoms. The predicted octanol–water partition coefficient (Wildman–Crippen LogP) is 3.27. The van der Waals surface area contributed by atoms with Gasteiger partial charge in [-0.3, -0.25) is 4.79 Å². The summed E-state index contributed by atoms with van der Waals surface area (Å²) in [7, 11) is 0. The summed E-state index contributed by atoms with van der Waals surface area (Å²) in [6.07, 6.45) is 8.61. The Morgan fingerprint density at radius 3 is 2.24 bits per heavy atom. The number of aromatic nitrogens is 1. The van der Waals surface area contributed by atoms with E-state index in [9.17, 15) is 4.79 Å². The van der Waals surface area contributed by atoms with Gasteiger partial charge in [0.15, 0.2) is 5.78 Å². The van der Waals surface area contributed by atoms with Gasteiger partial charge >= 0.3 is 0 Å². The van der Waals surface area contributed by atoms with Crippen LogP contribution in [0.25, 0.3) is 0 Å². The van der Waals surface area contributed by atoms with Crippen molar-refractivity contribution in [2.75, 3.05) is 0 Å². The number of hydrogen-bond donors (Lipinski definition) is 1. The molecule has 0 radical (unpaired) electrons. The van der Waals surface area contributed by atoms with E-state index in [2.05, 4.69) is 4.98 Å². The minimum absolute atomic E-state index is 0.335. The standard InChI is InChI=1S/C15H19NO/c17-15(13-2-1-3-16-13)14-11-5-9-4-10(7-11)8-12(14)6-9/h1-3,9-12,14,16H,4-8H2. The van der Waals surface area contributed by atoms with Crippen LogP contribution in [-0.4, -0.2) is 10.8 Å². The van der Waals surface area contributed by atoms with E-state index in [-0.39, 0.29) is 0 Å². The van der Waals surface area contributed by atoms with Gasteiger partial charge in [-0.25, -0.2) is 0 Å². The molecule has 2 heteroatoms. The molecule has 1 N–H and O–H groups in total. The Hall–Kier alpha value is -1.05. The summed E-state index contributed by atoms with van der Waals surface area (Å²) in [6.45, 7) is 0. The van der Waals surface area contributed by atoms with Gasteiger partial charge in [0.05, 0.1) is 5.69 Å². The maximum Gasteiger partial charge on any atom is 0.182 e. The second kappa shape index (κ2) is 3.47. The van der Waals surface area contributed by atoms with Crippen LogP contribution >= 0.6 is 0 Å². The number of carbonyl (C=O) groups is 1. The monoisotopic (exact) mass is 229 g/mol. The lowest BCUT2D eigenvalue weighted by atomic mass is 9.51. The first kappa shape index (κ1) is 9.93. The molecule has 0 unspecified atom stereocenters. The number of H-pyrrole nitrogens is 1. The second-order valence-corrected chi connectivity index (χ2v) is 6.40. The van der Waals surface area contributed by atoms with Crippen LogP contribution in [0.1, 0.15) is 42.6 Å². The Balaban J connectivity index is 1.64. The van der Waals surface area contributed by atoms with E-state index < -0.39 is 0 Å². The molecule has 90 valence electrons. The van der Waals surface area contributed by atoms with E-state index >= 15 is 0 Å². The Morgan fingerprint density at radius 1 is 1.06 bits per heavy atom. The molecule has 0 aliphatic heterocycles. The molecule has 2 nitrogen and oxygen atoms in total. The number of ketones is 1. The summed E-state index contributed by atoms with van der Waals surface area (Å²) in [5.74, 6) is 4.02. The fraction of sp³-hybridized carbons (Fsp3) is 0.667. The second-order valence-electron chi connectivity index (χ2n) is 6.40. The predicted molar refractivity (Wildman–Crippen MR) is 65.7 cm³/mol. The van der Waals surface area contributed by atoms with Crippen molar-refractivity contribution in [1.29, 1.82) is 0 Å². The number of carbonyl (C=O) groups excluding carboxylic acids is 1. The van der Waals surface area contributed by atoms with Crippen molar-refractivity contribution >= 4 is 5.78 Å². The van der Waals surface area contributed by atoms with Crippen LogP contribution in [0.5, 0.6) is 0 Å². The Kier molecular flexibility index (Phi) is 2.03. The fourth-order valence-corrected chi connectivity index (χ4v) is 5.02. The van der Waals surface area contributed by atoms with Crippen LogP contribution in [0.2, 0.25) is 0 Å². The molecule has 0 amide bonds. The van der Waals surface area contributed by atoms with Crippen LogP contribution in [0, 0.1) is 29.6 Å². The molecule has 1 aromatic rings. The zero-order valence-electron chi connectivity index (χ0n) is 10.1. The first-order chi connectivity index (χ1) is 8.31. The van der Waals surface area contributed by atoms with Gasteiger partial charge in [-0.05, 0) is 67.9 Å². The highest BCUT2D eigenvalue weighted by Gasteiger charge is 2.50. The van der Waals surface area contributed by atoms with Crippen LogP contribution in [-0.2, 0) is 0 Å². The molecule has 4 aliphatic rings. The first-order valence-corrected chi connectivity index (χ1v) is 6.99. The molecule has 0 saturated heterocycles. The lowest BCUT2D eigenvalue weighted by molar-refractivity contribution is -0.0252. The highest BCUT2D eigenvalue weighted by atomic mass is 16.1. The molecule has 1 heterocycles. The van der Waals surface area contributed by atoms with Gasteiger partial charge in [0.2, 0.25) is 0 Å². The Bertz CT molecular complexity index is 406. The van der Waals surface area contributed by atoms with Crippen LogP contribution in [0.3, 0.4) is 0 Å². The first-order valence-electron chi connectivity index (χ1n) is 6.99. The van der Waals surface area contributed by atoms with Crippen molar-refractivity contribution < 1.29 is 4.79 Å². The Labute approximate surface area is 102 Å². The molecule has 0 atom stereocenters. The van der Waals surface area contributed by atoms with E-state index in [1.165, 1.54) is 32.1 Å². The van der Waals surface area contributed by atoms with Crippen molar-refractivity contribution in [2.45, 2.75) is 32.1 Å². The van der Waals surface area contributed by atoms with Gasteiger partial charge in [0.25, 0.3) is 0 Å². The number of aromatic amines is 1. The number of nitrogens with one attached hydrogen (secondary N) is 1. The van der Waals surface area contributed by atoms with Gasteiger partial charge < -0.3 is 4.98 Å². The Morgan fingerprint density at radius 2 is 1.71 bits per heavy atom. The topological polar surface area (TPSA) is 32.9 Å². The average Bonchev–Trinajstić information content (AvgIpc) is 2.80. The molecule has 1 aromatic heterocycles. The van der Waals surface area contributed by atoms with Crippen molar-refractivity contribution in [3.63, 3.8) is 0 Å². The minimum Gasteiger partial charge on any atom is -0.359 e. The van der Waals surface area contributed by atoms with Crippen LogP contribution < -0.4 is 0 Å². The largest absolute Gasteiger partial charge is 0.359 e. The van der Waals surface area contributed by atoms with E-state index in [4.69, 9.17) is 0 Å². The van der Waals surface area contributed by atoms with Gasteiger partial charge in [-0.15, -0.1) is 0 Å². The lowest BCUT2D eigenvalue weighted by Gasteiger charge is -2.53. The van der Waals surface area contributed by atoms with Crippen molar-refractivity contribution in [2.24, 2.45) is 29.6 Å². The van der Waals surface area contributed by atoms with Crippen LogP contribution in [0.4, 0.5) is 0 Å². The van der Waals surface area contributed by atoms with E-state index in [0.29, 0.717) is 23.5 Å². The summed E-state index contributed by atoms with van der Waals surface area (Å²) in [5, 5.41) is 0. The average molecular weight is 229 g/mol. The summed E-state index contributed by atoms with van der Waals surface area (Å²) >= 11 is 0. The maximum absolute atomic E-state index is 12.6. The van der Waals surface area contributed by atoms with Gasteiger partial charge in [0, 0.05) is 12.1 Å². The van der Waals surface area contributed by atoms with E-state index in [1.54, 1.807) is 0 Å². The van der Waals surface area contributed by atoms with Crippen molar-refractivity contribution in [3.05, 3.63) is 24.0 Å². The number of Topliss-reactive ketones (excluding diaryl/α,β-unsaturated/α-hetero) is 1. The van der Waals surface area contributed by atoms with E-state index in [0.717, 1.165) is 17.5 Å². The van der Waals surface area contributed by atoms with Crippen molar-refractivity contribution in [1.82, 2.24) is 4.98 Å². The molecule has 5 rings (SSSR count). The quantitative estimate of drug-likeness (QED) is 0.776. The molecular formula is C15H19NO. The molecule has 4 fully saturated rings. The smallest absolute Gasteiger partial charge is 0.182 e. The normalized spacial score (nSPS) is 42.9. The van der Waals surface area contributed by atoms with E-state index in [1.807, 2.05) is 18.3 Å². The summed E-state index contributed by atoms with van der Waals surface area (Å²) in [5.41, 5.74) is 0.836. The zero-order valence-corrected chi connectivity index (χ0v) is 10.1.